The van der Waals surface area contributed by atoms with Gasteiger partial charge in [-0.1, -0.05) is 25.5 Å². The van der Waals surface area contributed by atoms with E-state index in [2.05, 4.69) is 16.8 Å². The average Bonchev–Trinajstić information content (AvgIpc) is 2.87. The molecule has 3 heterocycles. The topological polar surface area (TPSA) is 65.9 Å². The Balaban J connectivity index is 1.09. The van der Waals surface area contributed by atoms with Crippen molar-refractivity contribution in [2.45, 2.75) is 58.0 Å². The molecule has 1 atom stereocenters. The van der Waals surface area contributed by atoms with Gasteiger partial charge in [0, 0.05) is 43.0 Å². The number of benzene rings is 1. The molecule has 2 aliphatic heterocycles. The first kappa shape index (κ1) is 24.3. The minimum atomic E-state index is -0.410. The first-order valence-corrected chi connectivity index (χ1v) is 13.4. The quantitative estimate of drug-likeness (QED) is 0.630. The summed E-state index contributed by atoms with van der Waals surface area (Å²) in [6, 6.07) is 11.6. The number of aliphatic hydroxyl groups excluding tert-OH is 1. The van der Waals surface area contributed by atoms with Crippen molar-refractivity contribution in [3.05, 3.63) is 48.2 Å². The van der Waals surface area contributed by atoms with E-state index in [1.54, 1.807) is 4.90 Å². The van der Waals surface area contributed by atoms with Crippen LogP contribution in [0.5, 0.6) is 5.88 Å². The molecular formula is C29H39N3O3. The summed E-state index contributed by atoms with van der Waals surface area (Å²) in [6.07, 6.45) is 9.65. The third-order valence-electron chi connectivity index (χ3n) is 8.23. The molecule has 188 valence electrons. The number of aromatic nitrogens is 1. The molecule has 35 heavy (non-hydrogen) atoms. The number of rotatable bonds is 7. The van der Waals surface area contributed by atoms with Crippen LogP contribution in [0, 0.1) is 11.3 Å². The van der Waals surface area contributed by atoms with Crippen molar-refractivity contribution in [3.63, 3.8) is 0 Å². The second kappa shape index (κ2) is 10.7. The molecule has 5 rings (SSSR count). The first-order chi connectivity index (χ1) is 17.0. The molecule has 1 N–H and O–H groups in total. The lowest BCUT2D eigenvalue weighted by Crippen LogP contribution is -2.44. The Morgan fingerprint density at radius 2 is 1.77 bits per heavy atom. The largest absolute Gasteiger partial charge is 0.477 e. The van der Waals surface area contributed by atoms with E-state index in [-0.39, 0.29) is 5.91 Å². The van der Waals surface area contributed by atoms with E-state index in [1.165, 1.54) is 51.7 Å². The summed E-state index contributed by atoms with van der Waals surface area (Å²) < 4.78 is 6.03. The predicted octanol–water partition coefficient (Wildman–Crippen LogP) is 4.63. The number of likely N-dealkylation sites (tertiary alicyclic amines) is 2. The zero-order valence-electron chi connectivity index (χ0n) is 21.0. The monoisotopic (exact) mass is 477 g/mol. The number of β-amino-alcohol motifs (C(OH)–C–C–N with tert-alkyl or cyclic N) is 1. The predicted molar refractivity (Wildman–Crippen MR) is 137 cm³/mol. The lowest BCUT2D eigenvalue weighted by molar-refractivity contribution is 0.0474. The Morgan fingerprint density at radius 1 is 1.03 bits per heavy atom. The fourth-order valence-electron chi connectivity index (χ4n) is 5.76. The molecule has 6 heteroatoms. The van der Waals surface area contributed by atoms with Crippen molar-refractivity contribution < 1.29 is 14.6 Å². The highest BCUT2D eigenvalue weighted by atomic mass is 16.5. The summed E-state index contributed by atoms with van der Waals surface area (Å²) in [5.41, 5.74) is 3.25. The van der Waals surface area contributed by atoms with Gasteiger partial charge in [0.05, 0.1) is 12.7 Å². The Morgan fingerprint density at radius 3 is 2.40 bits per heavy atom. The van der Waals surface area contributed by atoms with Gasteiger partial charge in [0.25, 0.3) is 5.91 Å². The van der Waals surface area contributed by atoms with Crippen LogP contribution in [0.15, 0.2) is 42.6 Å². The van der Waals surface area contributed by atoms with Gasteiger partial charge in [0.2, 0.25) is 5.88 Å². The molecule has 1 aliphatic carbocycles. The van der Waals surface area contributed by atoms with Gasteiger partial charge in [-0.15, -0.1) is 0 Å². The maximum atomic E-state index is 12.7. The van der Waals surface area contributed by atoms with E-state index in [0.717, 1.165) is 30.6 Å². The van der Waals surface area contributed by atoms with E-state index >= 15 is 0 Å². The molecule has 1 aromatic carbocycles. The van der Waals surface area contributed by atoms with Gasteiger partial charge in [-0.05, 0) is 86.7 Å². The van der Waals surface area contributed by atoms with Gasteiger partial charge in [-0.3, -0.25) is 4.79 Å². The summed E-state index contributed by atoms with van der Waals surface area (Å²) in [6.45, 7) is 7.95. The van der Waals surface area contributed by atoms with Crippen molar-refractivity contribution in [2.75, 3.05) is 39.3 Å². The first-order valence-electron chi connectivity index (χ1n) is 13.4. The van der Waals surface area contributed by atoms with Gasteiger partial charge in [0.1, 0.15) is 0 Å². The summed E-state index contributed by atoms with van der Waals surface area (Å²) in [5, 5.41) is 9.85. The van der Waals surface area contributed by atoms with Crippen LogP contribution in [0.2, 0.25) is 0 Å². The Kier molecular flexibility index (Phi) is 7.40. The van der Waals surface area contributed by atoms with E-state index in [1.807, 2.05) is 42.6 Å². The molecule has 2 saturated heterocycles. The summed E-state index contributed by atoms with van der Waals surface area (Å²) in [4.78, 5) is 21.6. The van der Waals surface area contributed by atoms with Crippen molar-refractivity contribution >= 4 is 5.91 Å². The van der Waals surface area contributed by atoms with Crippen LogP contribution in [-0.4, -0.2) is 71.2 Å². The molecular weight excluding hydrogens is 438 g/mol. The van der Waals surface area contributed by atoms with Crippen molar-refractivity contribution in [2.24, 2.45) is 11.3 Å². The minimum absolute atomic E-state index is 0.0137. The zero-order chi connectivity index (χ0) is 24.3. The molecule has 0 bridgehead atoms. The summed E-state index contributed by atoms with van der Waals surface area (Å²) >= 11 is 0. The Bertz CT molecular complexity index is 979. The average molecular weight is 478 g/mol. The summed E-state index contributed by atoms with van der Waals surface area (Å²) in [7, 11) is 0. The van der Waals surface area contributed by atoms with Crippen LogP contribution in [0.1, 0.15) is 62.2 Å². The second-order valence-electron chi connectivity index (χ2n) is 11.2. The molecule has 1 amide bonds. The molecule has 0 unspecified atom stereocenters. The van der Waals surface area contributed by atoms with Crippen LogP contribution in [-0.2, 0) is 0 Å². The highest BCUT2D eigenvalue weighted by Gasteiger charge is 2.34. The molecule has 3 aliphatic rings. The number of ether oxygens (including phenoxy) is 1. The number of aliphatic hydroxyl groups is 1. The van der Waals surface area contributed by atoms with Crippen molar-refractivity contribution in [1.29, 1.82) is 0 Å². The fraction of sp³-hybridized carbons (Fsp3) is 0.586. The normalized spacial score (nSPS) is 23.0. The molecule has 0 radical (unpaired) electrons. The van der Waals surface area contributed by atoms with Gasteiger partial charge >= 0.3 is 0 Å². The maximum absolute atomic E-state index is 12.7. The Labute approximate surface area is 209 Å². The van der Waals surface area contributed by atoms with E-state index in [4.69, 9.17) is 4.74 Å². The van der Waals surface area contributed by atoms with Crippen molar-refractivity contribution in [3.8, 4) is 17.0 Å². The van der Waals surface area contributed by atoms with Gasteiger partial charge in [0.15, 0.2) is 0 Å². The third kappa shape index (κ3) is 6.04. The third-order valence-corrected chi connectivity index (χ3v) is 8.23. The number of pyridine rings is 1. The number of hydrogen-bond donors (Lipinski definition) is 1. The smallest absolute Gasteiger partial charge is 0.253 e. The second-order valence-corrected chi connectivity index (χ2v) is 11.2. The molecule has 2 aromatic rings. The van der Waals surface area contributed by atoms with E-state index in [9.17, 15) is 9.90 Å². The SMILES string of the molecule is CC1(CN2CCC(COc3ccc(-c4ccc(C(=O)N5CCC[C@@H](O)C5)cc4)cn3)CC2)CCC1. The van der Waals surface area contributed by atoms with Crippen LogP contribution >= 0.6 is 0 Å². The van der Waals surface area contributed by atoms with Crippen LogP contribution < -0.4 is 4.74 Å². The number of hydrogen-bond acceptors (Lipinski definition) is 5. The van der Waals surface area contributed by atoms with Crippen LogP contribution in [0.3, 0.4) is 0 Å². The van der Waals surface area contributed by atoms with Crippen LogP contribution in [0.4, 0.5) is 0 Å². The van der Waals surface area contributed by atoms with Gasteiger partial charge < -0.3 is 19.6 Å². The number of piperidine rings is 2. The van der Waals surface area contributed by atoms with Gasteiger partial charge in [-0.25, -0.2) is 4.98 Å². The highest BCUT2D eigenvalue weighted by Crippen LogP contribution is 2.41. The maximum Gasteiger partial charge on any atom is 0.253 e. The van der Waals surface area contributed by atoms with Crippen molar-refractivity contribution in [1.82, 2.24) is 14.8 Å². The van der Waals surface area contributed by atoms with E-state index in [0.29, 0.717) is 35.9 Å². The molecule has 1 aromatic heterocycles. The number of nitrogens with zero attached hydrogens (tertiary/aromatic N) is 3. The lowest BCUT2D eigenvalue weighted by atomic mass is 9.70. The summed E-state index contributed by atoms with van der Waals surface area (Å²) in [5.74, 6) is 1.27. The Hall–Kier alpha value is -2.44. The lowest BCUT2D eigenvalue weighted by Gasteiger charge is -2.44. The number of amides is 1. The van der Waals surface area contributed by atoms with E-state index < -0.39 is 6.10 Å². The molecule has 3 fully saturated rings. The highest BCUT2D eigenvalue weighted by molar-refractivity contribution is 5.94. The molecule has 6 nitrogen and oxygen atoms in total. The number of carbonyl (C=O) groups excluding carboxylic acids is 1. The van der Waals surface area contributed by atoms with Crippen LogP contribution in [0.25, 0.3) is 11.1 Å². The zero-order valence-corrected chi connectivity index (χ0v) is 21.0. The number of carbonyl (C=O) groups is 1. The van der Waals surface area contributed by atoms with Gasteiger partial charge in [-0.2, -0.15) is 0 Å². The minimum Gasteiger partial charge on any atom is -0.477 e. The fourth-order valence-corrected chi connectivity index (χ4v) is 5.76. The standard InChI is InChI=1S/C29H39N3O3/c1-29(13-3-14-29)21-31-16-11-22(12-17-31)20-35-27-10-9-25(18-30-27)23-5-7-24(8-6-23)28(34)32-15-2-4-26(33)19-32/h5-10,18,22,26,33H,2-4,11-17,19-21H2,1H3/t26-/m1/s1. The molecule has 0 spiro atoms. The molecule has 1 saturated carbocycles.